The topological polar surface area (TPSA) is 57.8 Å². The highest BCUT2D eigenvalue weighted by molar-refractivity contribution is 5.79. The number of carbonyl (C=O) groups excluding carboxylic acids is 1. The van der Waals surface area contributed by atoms with E-state index in [-0.39, 0.29) is 5.92 Å². The molecule has 4 aliphatic carbocycles. The van der Waals surface area contributed by atoms with Crippen molar-refractivity contribution in [3.63, 3.8) is 0 Å². The van der Waals surface area contributed by atoms with Crippen LogP contribution in [0.5, 0.6) is 0 Å². The second-order valence-electron chi connectivity index (χ2n) is 8.34. The minimum atomic E-state index is 0.275. The van der Waals surface area contributed by atoms with Gasteiger partial charge in [-0.05, 0) is 73.0 Å². The summed E-state index contributed by atoms with van der Waals surface area (Å²) in [5.74, 6) is 3.71. The van der Waals surface area contributed by atoms with Crippen LogP contribution in [-0.2, 0) is 11.3 Å². The first-order valence-corrected chi connectivity index (χ1v) is 9.62. The zero-order chi connectivity index (χ0) is 16.8. The Labute approximate surface area is 148 Å². The predicted octanol–water partition coefficient (Wildman–Crippen LogP) is 3.77. The summed E-state index contributed by atoms with van der Waals surface area (Å²) in [4.78, 5) is 12.8. The number of aromatic amines is 1. The highest BCUT2D eigenvalue weighted by Crippen LogP contribution is 2.56. The zero-order valence-corrected chi connectivity index (χ0v) is 14.4. The predicted molar refractivity (Wildman–Crippen MR) is 96.4 cm³/mol. The van der Waals surface area contributed by atoms with E-state index in [1.165, 1.54) is 32.1 Å². The molecule has 0 unspecified atom stereocenters. The zero-order valence-electron chi connectivity index (χ0n) is 14.4. The lowest BCUT2D eigenvalue weighted by molar-refractivity contribution is -0.138. The van der Waals surface area contributed by atoms with Gasteiger partial charge in [0.2, 0.25) is 5.91 Å². The van der Waals surface area contributed by atoms with Gasteiger partial charge in [-0.3, -0.25) is 9.89 Å². The number of aromatic nitrogens is 2. The molecule has 2 aromatic rings. The quantitative estimate of drug-likeness (QED) is 0.894. The molecule has 1 heterocycles. The van der Waals surface area contributed by atoms with Gasteiger partial charge in [0, 0.05) is 18.7 Å². The molecule has 4 heteroatoms. The summed E-state index contributed by atoms with van der Waals surface area (Å²) < 4.78 is 0. The summed E-state index contributed by atoms with van der Waals surface area (Å²) in [5.41, 5.74) is 3.29. The Bertz CT molecular complexity index is 722. The monoisotopic (exact) mass is 335 g/mol. The molecular weight excluding hydrogens is 310 g/mol. The van der Waals surface area contributed by atoms with Crippen LogP contribution >= 0.6 is 0 Å². The Morgan fingerprint density at radius 2 is 1.68 bits per heavy atom. The Morgan fingerprint density at radius 1 is 1.00 bits per heavy atom. The molecule has 130 valence electrons. The number of hydrogen-bond donors (Lipinski definition) is 2. The van der Waals surface area contributed by atoms with Crippen molar-refractivity contribution in [1.82, 2.24) is 15.5 Å². The first-order valence-electron chi connectivity index (χ1n) is 9.62. The van der Waals surface area contributed by atoms with E-state index in [0.29, 0.717) is 24.3 Å². The number of H-pyrrole nitrogens is 1. The lowest BCUT2D eigenvalue weighted by Gasteiger charge is -2.53. The molecule has 6 rings (SSSR count). The van der Waals surface area contributed by atoms with E-state index in [9.17, 15) is 4.79 Å². The average molecular weight is 335 g/mol. The summed E-state index contributed by atoms with van der Waals surface area (Å²) in [6, 6.07) is 10.3. The van der Waals surface area contributed by atoms with Crippen LogP contribution in [0.2, 0.25) is 0 Å². The average Bonchev–Trinajstić information content (AvgIpc) is 3.14. The van der Waals surface area contributed by atoms with Gasteiger partial charge in [0.1, 0.15) is 0 Å². The highest BCUT2D eigenvalue weighted by Gasteiger charge is 2.50. The van der Waals surface area contributed by atoms with Crippen molar-refractivity contribution in [2.75, 3.05) is 0 Å². The maximum atomic E-state index is 12.8. The van der Waals surface area contributed by atoms with Crippen molar-refractivity contribution in [3.8, 4) is 11.3 Å². The fourth-order valence-corrected chi connectivity index (χ4v) is 5.88. The molecule has 2 N–H and O–H groups in total. The molecule has 4 nitrogen and oxygen atoms in total. The summed E-state index contributed by atoms with van der Waals surface area (Å²) in [6.07, 6.45) is 8.38. The fraction of sp³-hybridized carbons (Fsp3) is 0.524. The number of amides is 1. The molecule has 0 aliphatic heterocycles. The third-order valence-electron chi connectivity index (χ3n) is 6.76. The van der Waals surface area contributed by atoms with E-state index >= 15 is 0 Å². The van der Waals surface area contributed by atoms with Crippen LogP contribution < -0.4 is 5.32 Å². The standard InChI is InChI=1S/C21H25N3O/c25-21(20-17-8-14-7-15(10-17)11-18(20)9-14)22-12-13-1-3-16(4-2-13)19-5-6-23-24-19/h1-6,14-15,17-18,20H,7-12H2,(H,22,25)(H,23,24). The van der Waals surface area contributed by atoms with E-state index in [0.717, 1.165) is 28.7 Å². The maximum Gasteiger partial charge on any atom is 0.223 e. The van der Waals surface area contributed by atoms with Gasteiger partial charge < -0.3 is 5.32 Å². The number of carbonyl (C=O) groups is 1. The van der Waals surface area contributed by atoms with E-state index in [1.54, 1.807) is 6.20 Å². The lowest BCUT2D eigenvalue weighted by Crippen LogP contribution is -2.50. The van der Waals surface area contributed by atoms with Gasteiger partial charge in [0.25, 0.3) is 0 Å². The Hall–Kier alpha value is -2.10. The normalized spacial score (nSPS) is 32.7. The van der Waals surface area contributed by atoms with Crippen molar-refractivity contribution >= 4 is 5.91 Å². The number of nitrogens with one attached hydrogen (secondary N) is 2. The Balaban J connectivity index is 1.22. The molecule has 0 saturated heterocycles. The second-order valence-corrected chi connectivity index (χ2v) is 8.34. The Morgan fingerprint density at radius 3 is 2.28 bits per heavy atom. The molecule has 1 aromatic heterocycles. The van der Waals surface area contributed by atoms with E-state index in [4.69, 9.17) is 0 Å². The van der Waals surface area contributed by atoms with Crippen LogP contribution in [-0.4, -0.2) is 16.1 Å². The van der Waals surface area contributed by atoms with Crippen LogP contribution in [0.1, 0.15) is 37.7 Å². The van der Waals surface area contributed by atoms with Crippen LogP contribution in [0, 0.1) is 29.6 Å². The van der Waals surface area contributed by atoms with Gasteiger partial charge in [-0.25, -0.2) is 0 Å². The second kappa shape index (κ2) is 6.01. The third kappa shape index (κ3) is 2.78. The molecule has 4 fully saturated rings. The molecule has 1 amide bonds. The van der Waals surface area contributed by atoms with Crippen molar-refractivity contribution in [3.05, 3.63) is 42.1 Å². The number of benzene rings is 1. The van der Waals surface area contributed by atoms with E-state index in [1.807, 2.05) is 6.07 Å². The molecule has 4 aliphatic rings. The van der Waals surface area contributed by atoms with Crippen molar-refractivity contribution < 1.29 is 4.79 Å². The van der Waals surface area contributed by atoms with E-state index < -0.39 is 0 Å². The van der Waals surface area contributed by atoms with Crippen molar-refractivity contribution in [2.24, 2.45) is 29.6 Å². The molecule has 0 spiro atoms. The minimum absolute atomic E-state index is 0.275. The number of hydrogen-bond acceptors (Lipinski definition) is 2. The first kappa shape index (κ1) is 15.2. The highest BCUT2D eigenvalue weighted by atomic mass is 16.1. The molecule has 0 radical (unpaired) electrons. The molecule has 0 atom stereocenters. The third-order valence-corrected chi connectivity index (χ3v) is 6.76. The largest absolute Gasteiger partial charge is 0.352 e. The summed E-state index contributed by atoms with van der Waals surface area (Å²) >= 11 is 0. The molecule has 1 aromatic carbocycles. The van der Waals surface area contributed by atoms with Gasteiger partial charge in [-0.2, -0.15) is 5.10 Å². The molecule has 25 heavy (non-hydrogen) atoms. The van der Waals surface area contributed by atoms with Crippen molar-refractivity contribution in [2.45, 2.75) is 38.6 Å². The summed E-state index contributed by atoms with van der Waals surface area (Å²) in [7, 11) is 0. The first-order chi connectivity index (χ1) is 12.3. The SMILES string of the molecule is O=C(NCc1ccc(-c2ccn[nH]2)cc1)C1C2CC3CC(C2)CC1C3. The Kier molecular flexibility index (Phi) is 3.65. The summed E-state index contributed by atoms with van der Waals surface area (Å²) in [6.45, 7) is 0.630. The van der Waals surface area contributed by atoms with Crippen LogP contribution in [0.4, 0.5) is 0 Å². The molecular formula is C21H25N3O. The van der Waals surface area contributed by atoms with Crippen LogP contribution in [0.25, 0.3) is 11.3 Å². The smallest absolute Gasteiger partial charge is 0.223 e. The summed E-state index contributed by atoms with van der Waals surface area (Å²) in [5, 5.41) is 10.2. The molecule has 4 saturated carbocycles. The molecule has 4 bridgehead atoms. The van der Waals surface area contributed by atoms with Crippen molar-refractivity contribution in [1.29, 1.82) is 0 Å². The van der Waals surface area contributed by atoms with Gasteiger partial charge in [0.15, 0.2) is 0 Å². The van der Waals surface area contributed by atoms with Gasteiger partial charge in [-0.1, -0.05) is 24.3 Å². The number of rotatable bonds is 4. The maximum absolute atomic E-state index is 12.8. The lowest BCUT2D eigenvalue weighted by atomic mass is 9.51. The van der Waals surface area contributed by atoms with Gasteiger partial charge >= 0.3 is 0 Å². The number of nitrogens with zero attached hydrogens (tertiary/aromatic N) is 1. The van der Waals surface area contributed by atoms with Crippen LogP contribution in [0.3, 0.4) is 0 Å². The van der Waals surface area contributed by atoms with Crippen LogP contribution in [0.15, 0.2) is 36.5 Å². The van der Waals surface area contributed by atoms with Gasteiger partial charge in [-0.15, -0.1) is 0 Å². The minimum Gasteiger partial charge on any atom is -0.352 e. The fourth-order valence-electron chi connectivity index (χ4n) is 5.88. The van der Waals surface area contributed by atoms with E-state index in [2.05, 4.69) is 39.8 Å². The van der Waals surface area contributed by atoms with Gasteiger partial charge in [0.05, 0.1) is 5.69 Å².